The first-order valence-electron chi connectivity index (χ1n) is 18.7. The summed E-state index contributed by atoms with van der Waals surface area (Å²) in [5, 5.41) is 6.02. The van der Waals surface area contributed by atoms with E-state index in [4.69, 9.17) is 4.74 Å². The quantitative estimate of drug-likeness (QED) is 0.251. The SMILES string of the molecule is CN(C)C(=O)c1ccc(CN2CCn3c(cnc3C(=O)NCc3ccc(NC(=O)c4ccc(N5CCN(C6CCC6)CC5)cc4)cc3)C23COC3)cc1. The average molecular weight is 717 g/mol. The van der Waals surface area contributed by atoms with Crippen molar-refractivity contribution < 1.29 is 19.1 Å². The molecule has 0 unspecified atom stereocenters. The molecule has 3 fully saturated rings. The molecule has 276 valence electrons. The van der Waals surface area contributed by atoms with Crippen LogP contribution in [0, 0.1) is 0 Å². The number of carbonyl (C=O) groups is 3. The predicted molar refractivity (Wildman–Crippen MR) is 203 cm³/mol. The lowest BCUT2D eigenvalue weighted by atomic mass is 9.88. The molecule has 12 heteroatoms. The molecule has 1 aliphatic carbocycles. The number of nitrogens with zero attached hydrogens (tertiary/aromatic N) is 6. The number of aromatic nitrogens is 2. The minimum Gasteiger partial charge on any atom is -0.377 e. The van der Waals surface area contributed by atoms with E-state index in [1.54, 1.807) is 19.0 Å². The van der Waals surface area contributed by atoms with Crippen molar-refractivity contribution in [2.24, 2.45) is 0 Å². The van der Waals surface area contributed by atoms with Gasteiger partial charge in [0.25, 0.3) is 17.7 Å². The third-order valence-electron chi connectivity index (χ3n) is 11.5. The van der Waals surface area contributed by atoms with Crippen molar-refractivity contribution in [1.82, 2.24) is 29.6 Å². The number of imidazole rings is 1. The molecular formula is C41H48N8O4. The molecule has 3 aliphatic heterocycles. The number of hydrogen-bond acceptors (Lipinski definition) is 8. The third-order valence-corrected chi connectivity index (χ3v) is 11.5. The zero-order valence-electron chi connectivity index (χ0n) is 30.6. The highest BCUT2D eigenvalue weighted by Crippen LogP contribution is 2.40. The summed E-state index contributed by atoms with van der Waals surface area (Å²) in [6.45, 7) is 7.72. The van der Waals surface area contributed by atoms with Crippen molar-refractivity contribution in [3.8, 4) is 0 Å². The van der Waals surface area contributed by atoms with Gasteiger partial charge in [0, 0.05) is 95.0 Å². The smallest absolute Gasteiger partial charge is 0.287 e. The maximum Gasteiger partial charge on any atom is 0.287 e. The zero-order valence-corrected chi connectivity index (χ0v) is 30.6. The summed E-state index contributed by atoms with van der Waals surface area (Å²) in [5.41, 5.74) is 5.79. The lowest BCUT2D eigenvalue weighted by Gasteiger charge is -2.52. The summed E-state index contributed by atoms with van der Waals surface area (Å²) < 4.78 is 7.75. The van der Waals surface area contributed by atoms with Crippen LogP contribution in [-0.4, -0.2) is 108 Å². The number of nitrogens with one attached hydrogen (secondary N) is 2. The molecule has 1 aromatic heterocycles. The zero-order chi connectivity index (χ0) is 36.5. The molecule has 4 aliphatic rings. The van der Waals surface area contributed by atoms with E-state index in [1.807, 2.05) is 83.6 Å². The lowest BCUT2D eigenvalue weighted by Crippen LogP contribution is -2.63. The van der Waals surface area contributed by atoms with Crippen LogP contribution < -0.4 is 15.5 Å². The predicted octanol–water partition coefficient (Wildman–Crippen LogP) is 4.18. The number of amides is 3. The van der Waals surface area contributed by atoms with Crippen molar-refractivity contribution in [3.63, 3.8) is 0 Å². The van der Waals surface area contributed by atoms with Crippen LogP contribution in [0.5, 0.6) is 0 Å². The molecule has 2 N–H and O–H groups in total. The Hall–Kier alpha value is -5.04. The van der Waals surface area contributed by atoms with Gasteiger partial charge in [0.15, 0.2) is 5.82 Å². The minimum absolute atomic E-state index is 0.0194. The fraction of sp³-hybridized carbons (Fsp3) is 0.415. The lowest BCUT2D eigenvalue weighted by molar-refractivity contribution is -0.162. The summed E-state index contributed by atoms with van der Waals surface area (Å²) in [6, 6.07) is 24.0. The molecule has 0 radical (unpaired) electrons. The molecule has 12 nitrogen and oxygen atoms in total. The maximum atomic E-state index is 13.4. The van der Waals surface area contributed by atoms with Gasteiger partial charge in [0.1, 0.15) is 5.54 Å². The number of rotatable bonds is 10. The summed E-state index contributed by atoms with van der Waals surface area (Å²) in [5.74, 6) is -0.0150. The van der Waals surface area contributed by atoms with Crippen LogP contribution in [0.4, 0.5) is 11.4 Å². The van der Waals surface area contributed by atoms with E-state index < -0.39 is 0 Å². The Bertz CT molecular complexity index is 1940. The van der Waals surface area contributed by atoms with E-state index in [1.165, 1.54) is 19.3 Å². The third kappa shape index (κ3) is 7.06. The molecule has 1 saturated carbocycles. The Morgan fingerprint density at radius 2 is 1.49 bits per heavy atom. The van der Waals surface area contributed by atoms with Crippen molar-refractivity contribution in [2.75, 3.05) is 70.2 Å². The summed E-state index contributed by atoms with van der Waals surface area (Å²) in [7, 11) is 3.50. The van der Waals surface area contributed by atoms with Crippen LogP contribution in [0.2, 0.25) is 0 Å². The second-order valence-electron chi connectivity index (χ2n) is 14.9. The Morgan fingerprint density at radius 1 is 0.811 bits per heavy atom. The fourth-order valence-corrected chi connectivity index (χ4v) is 7.93. The summed E-state index contributed by atoms with van der Waals surface area (Å²) >= 11 is 0. The first-order chi connectivity index (χ1) is 25.8. The van der Waals surface area contributed by atoms with E-state index in [0.29, 0.717) is 55.5 Å². The molecular weight excluding hydrogens is 669 g/mol. The number of fused-ring (bicyclic) bond motifs is 2. The van der Waals surface area contributed by atoms with Crippen molar-refractivity contribution in [1.29, 1.82) is 0 Å². The van der Waals surface area contributed by atoms with Crippen molar-refractivity contribution in [3.05, 3.63) is 113 Å². The van der Waals surface area contributed by atoms with Crippen LogP contribution in [0.1, 0.15) is 67.4 Å². The Balaban J connectivity index is 0.834. The minimum atomic E-state index is -0.352. The number of carbonyl (C=O) groups excluding carboxylic acids is 3. The first kappa shape index (κ1) is 35.0. The van der Waals surface area contributed by atoms with Gasteiger partial charge in [-0.25, -0.2) is 4.98 Å². The molecule has 0 bridgehead atoms. The second kappa shape index (κ2) is 14.8. The van der Waals surface area contributed by atoms with E-state index in [9.17, 15) is 14.4 Å². The van der Waals surface area contributed by atoms with Gasteiger partial charge >= 0.3 is 0 Å². The van der Waals surface area contributed by atoms with Gasteiger partial charge in [-0.05, 0) is 72.5 Å². The fourth-order valence-electron chi connectivity index (χ4n) is 7.93. The summed E-state index contributed by atoms with van der Waals surface area (Å²) in [4.78, 5) is 52.3. The van der Waals surface area contributed by atoms with Crippen molar-refractivity contribution >= 4 is 29.1 Å². The standard InChI is InChI=1S/C41H48N8O4/c1-45(2)40(52)32-10-6-30(7-11-32)26-48-22-23-49-36(41(48)27-53-28-41)25-42-37(49)39(51)43-24-29-8-14-33(15-9-29)44-38(50)31-12-16-35(17-13-31)47-20-18-46(19-21-47)34-4-3-5-34/h6-17,25,34H,3-5,18-24,26-28H2,1-2H3,(H,43,51)(H,44,50). The molecule has 3 aromatic carbocycles. The van der Waals surface area contributed by atoms with Crippen LogP contribution in [0.3, 0.4) is 0 Å². The van der Waals surface area contributed by atoms with Crippen molar-refractivity contribution in [2.45, 2.75) is 50.5 Å². The highest BCUT2D eigenvalue weighted by Gasteiger charge is 2.50. The van der Waals surface area contributed by atoms with Gasteiger partial charge in [-0.3, -0.25) is 24.2 Å². The van der Waals surface area contributed by atoms with Crippen LogP contribution in [0.25, 0.3) is 0 Å². The molecule has 0 atom stereocenters. The van der Waals surface area contributed by atoms with E-state index in [-0.39, 0.29) is 23.3 Å². The maximum absolute atomic E-state index is 13.4. The monoisotopic (exact) mass is 716 g/mol. The van der Waals surface area contributed by atoms with Gasteiger partial charge in [0.05, 0.1) is 25.1 Å². The first-order valence-corrected chi connectivity index (χ1v) is 18.7. The molecule has 3 amide bonds. The Kier molecular flexibility index (Phi) is 9.76. The Morgan fingerprint density at radius 3 is 2.11 bits per heavy atom. The molecule has 4 heterocycles. The normalized spacial score (nSPS) is 18.5. The van der Waals surface area contributed by atoms with Gasteiger partial charge in [0.2, 0.25) is 0 Å². The van der Waals surface area contributed by atoms with E-state index in [0.717, 1.165) is 61.3 Å². The molecule has 2 saturated heterocycles. The molecule has 8 rings (SSSR count). The number of ether oxygens (including phenoxy) is 1. The largest absolute Gasteiger partial charge is 0.377 e. The van der Waals surface area contributed by atoms with Crippen LogP contribution >= 0.6 is 0 Å². The topological polar surface area (TPSA) is 115 Å². The van der Waals surface area contributed by atoms with Gasteiger partial charge in [-0.2, -0.15) is 0 Å². The summed E-state index contributed by atoms with van der Waals surface area (Å²) in [6.07, 6.45) is 5.86. The number of anilines is 2. The molecule has 1 spiro atoms. The average Bonchev–Trinajstić information content (AvgIpc) is 3.58. The van der Waals surface area contributed by atoms with Gasteiger partial charge in [-0.1, -0.05) is 30.7 Å². The van der Waals surface area contributed by atoms with Crippen LogP contribution in [-0.2, 0) is 29.9 Å². The molecule has 53 heavy (non-hydrogen) atoms. The van der Waals surface area contributed by atoms with Gasteiger partial charge < -0.3 is 29.7 Å². The second-order valence-corrected chi connectivity index (χ2v) is 14.9. The van der Waals surface area contributed by atoms with E-state index in [2.05, 4.69) is 30.3 Å². The number of hydrogen-bond donors (Lipinski definition) is 2. The van der Waals surface area contributed by atoms with Gasteiger partial charge in [-0.15, -0.1) is 0 Å². The van der Waals surface area contributed by atoms with E-state index >= 15 is 0 Å². The highest BCUT2D eigenvalue weighted by molar-refractivity contribution is 6.04. The van der Waals surface area contributed by atoms with Crippen LogP contribution in [0.15, 0.2) is 79.0 Å². The number of piperazine rings is 1. The highest BCUT2D eigenvalue weighted by atomic mass is 16.5. The molecule has 4 aromatic rings. The Labute approximate surface area is 310 Å². The number of benzene rings is 3.